The zero-order valence-corrected chi connectivity index (χ0v) is 17.8. The van der Waals surface area contributed by atoms with E-state index in [2.05, 4.69) is 63.7 Å². The molecule has 2 rings (SSSR count). The fraction of sp³-hybridized carbons (Fsp3) is 0.529. The number of nitrogens with zero attached hydrogens (tertiary/aromatic N) is 3. The number of guanidine groups is 1. The lowest BCUT2D eigenvalue weighted by Crippen LogP contribution is -2.39. The molecule has 134 valence electrons. The van der Waals surface area contributed by atoms with Crippen molar-refractivity contribution in [3.8, 4) is 0 Å². The molecule has 24 heavy (non-hydrogen) atoms. The summed E-state index contributed by atoms with van der Waals surface area (Å²) in [5.41, 5.74) is 1.14. The van der Waals surface area contributed by atoms with E-state index in [0.29, 0.717) is 5.92 Å². The second kappa shape index (κ2) is 11.5. The van der Waals surface area contributed by atoms with Gasteiger partial charge in [-0.15, -0.1) is 35.3 Å². The van der Waals surface area contributed by atoms with Crippen molar-refractivity contribution in [2.24, 2.45) is 4.99 Å². The summed E-state index contributed by atoms with van der Waals surface area (Å²) in [5, 5.41) is 10.0. The highest BCUT2D eigenvalue weighted by Gasteiger charge is 2.05. The molecule has 0 saturated heterocycles. The Morgan fingerprint density at radius 2 is 2.04 bits per heavy atom. The maximum Gasteiger partial charge on any atom is 0.191 e. The summed E-state index contributed by atoms with van der Waals surface area (Å²) in [5.74, 6) is 1.38. The summed E-state index contributed by atoms with van der Waals surface area (Å²) >= 11 is 1.75. The number of rotatable bonds is 8. The Morgan fingerprint density at radius 1 is 1.29 bits per heavy atom. The maximum absolute atomic E-state index is 4.65. The Balaban J connectivity index is 0.00000288. The molecule has 2 heterocycles. The SMILES string of the molecule is CCNC(=NCCc1csc(C(C)C)n1)NCCn1cccc1.I. The third-order valence-electron chi connectivity index (χ3n) is 3.37. The van der Waals surface area contributed by atoms with Crippen molar-refractivity contribution < 1.29 is 0 Å². The summed E-state index contributed by atoms with van der Waals surface area (Å²) in [6.45, 7) is 9.84. The van der Waals surface area contributed by atoms with Gasteiger partial charge in [0, 0.05) is 56.3 Å². The van der Waals surface area contributed by atoms with Crippen LogP contribution in [-0.4, -0.2) is 35.1 Å². The first-order chi connectivity index (χ1) is 11.2. The van der Waals surface area contributed by atoms with Gasteiger partial charge in [-0.2, -0.15) is 0 Å². The highest BCUT2D eigenvalue weighted by Crippen LogP contribution is 2.19. The molecule has 0 aliphatic heterocycles. The molecular weight excluding hydrogens is 433 g/mol. The molecule has 0 aliphatic carbocycles. The fourth-order valence-corrected chi connectivity index (χ4v) is 3.02. The number of halogens is 1. The van der Waals surface area contributed by atoms with Crippen LogP contribution in [0.1, 0.15) is 37.4 Å². The lowest BCUT2D eigenvalue weighted by molar-refractivity contribution is 0.665. The van der Waals surface area contributed by atoms with Crippen molar-refractivity contribution in [2.75, 3.05) is 19.6 Å². The molecule has 0 fully saturated rings. The monoisotopic (exact) mass is 461 g/mol. The van der Waals surface area contributed by atoms with Crippen LogP contribution in [0.2, 0.25) is 0 Å². The zero-order valence-electron chi connectivity index (χ0n) is 14.7. The molecule has 0 aromatic carbocycles. The van der Waals surface area contributed by atoms with E-state index in [0.717, 1.165) is 44.3 Å². The maximum atomic E-state index is 4.65. The van der Waals surface area contributed by atoms with E-state index >= 15 is 0 Å². The van der Waals surface area contributed by atoms with E-state index in [1.807, 2.05) is 12.1 Å². The molecule has 0 radical (unpaired) electrons. The number of hydrogen-bond donors (Lipinski definition) is 2. The van der Waals surface area contributed by atoms with Crippen LogP contribution in [-0.2, 0) is 13.0 Å². The van der Waals surface area contributed by atoms with Crippen LogP contribution in [0.5, 0.6) is 0 Å². The third kappa shape index (κ3) is 7.21. The molecule has 2 aromatic rings. The van der Waals surface area contributed by atoms with Crippen molar-refractivity contribution in [3.05, 3.63) is 40.6 Å². The predicted octanol–water partition coefficient (Wildman–Crippen LogP) is 3.48. The minimum Gasteiger partial charge on any atom is -0.357 e. The van der Waals surface area contributed by atoms with Gasteiger partial charge in [-0.05, 0) is 19.1 Å². The average Bonchev–Trinajstić information content (AvgIpc) is 3.18. The summed E-state index contributed by atoms with van der Waals surface area (Å²) in [6.07, 6.45) is 5.03. The molecule has 2 aromatic heterocycles. The number of hydrogen-bond acceptors (Lipinski definition) is 3. The van der Waals surface area contributed by atoms with Crippen LogP contribution >= 0.6 is 35.3 Å². The third-order valence-corrected chi connectivity index (χ3v) is 4.57. The first-order valence-electron chi connectivity index (χ1n) is 8.26. The lowest BCUT2D eigenvalue weighted by atomic mass is 10.2. The molecule has 0 bridgehead atoms. The topological polar surface area (TPSA) is 54.2 Å². The van der Waals surface area contributed by atoms with Gasteiger partial charge in [-0.3, -0.25) is 4.99 Å². The van der Waals surface area contributed by atoms with Gasteiger partial charge in [0.25, 0.3) is 0 Å². The predicted molar refractivity (Wildman–Crippen MR) is 114 cm³/mol. The average molecular weight is 461 g/mol. The molecule has 0 aliphatic rings. The van der Waals surface area contributed by atoms with Crippen molar-refractivity contribution in [1.82, 2.24) is 20.2 Å². The highest BCUT2D eigenvalue weighted by molar-refractivity contribution is 14.0. The van der Waals surface area contributed by atoms with E-state index in [9.17, 15) is 0 Å². The minimum atomic E-state index is 0. The van der Waals surface area contributed by atoms with Crippen LogP contribution in [0.4, 0.5) is 0 Å². The Bertz CT molecular complexity index is 592. The molecule has 0 unspecified atom stereocenters. The first kappa shape index (κ1) is 21.0. The van der Waals surface area contributed by atoms with Crippen LogP contribution in [0.3, 0.4) is 0 Å². The molecule has 0 amide bonds. The van der Waals surface area contributed by atoms with Crippen molar-refractivity contribution in [1.29, 1.82) is 0 Å². The second-order valence-electron chi connectivity index (χ2n) is 5.69. The molecular formula is C17H28IN5S. The van der Waals surface area contributed by atoms with Crippen LogP contribution in [0, 0.1) is 0 Å². The van der Waals surface area contributed by atoms with Crippen LogP contribution in [0.25, 0.3) is 0 Å². The van der Waals surface area contributed by atoms with Crippen molar-refractivity contribution in [2.45, 2.75) is 39.7 Å². The van der Waals surface area contributed by atoms with E-state index < -0.39 is 0 Å². The first-order valence-corrected chi connectivity index (χ1v) is 9.14. The molecule has 0 saturated carbocycles. The summed E-state index contributed by atoms with van der Waals surface area (Å²) < 4.78 is 2.15. The Morgan fingerprint density at radius 3 is 2.67 bits per heavy atom. The standard InChI is InChI=1S/C17H27N5S.HI/c1-4-18-17(20-9-12-22-10-5-6-11-22)19-8-7-15-13-23-16(21-15)14(2)3;/h5-6,10-11,13-14H,4,7-9,12H2,1-3H3,(H2,18,19,20);1H. The van der Waals surface area contributed by atoms with Gasteiger partial charge < -0.3 is 15.2 Å². The molecule has 0 atom stereocenters. The Labute approximate surface area is 166 Å². The zero-order chi connectivity index (χ0) is 16.5. The van der Waals surface area contributed by atoms with E-state index in [1.54, 1.807) is 11.3 Å². The van der Waals surface area contributed by atoms with Crippen LogP contribution < -0.4 is 10.6 Å². The lowest BCUT2D eigenvalue weighted by Gasteiger charge is -2.11. The van der Waals surface area contributed by atoms with Gasteiger partial charge in [-0.25, -0.2) is 4.98 Å². The molecule has 2 N–H and O–H groups in total. The smallest absolute Gasteiger partial charge is 0.191 e. The van der Waals surface area contributed by atoms with E-state index in [1.165, 1.54) is 5.01 Å². The second-order valence-corrected chi connectivity index (χ2v) is 6.58. The van der Waals surface area contributed by atoms with Gasteiger partial charge in [0.1, 0.15) is 0 Å². The van der Waals surface area contributed by atoms with Gasteiger partial charge in [0.2, 0.25) is 0 Å². The Hall–Kier alpha value is -1.09. The Kier molecular flexibility index (Phi) is 10.0. The largest absolute Gasteiger partial charge is 0.357 e. The number of thiazole rings is 1. The highest BCUT2D eigenvalue weighted by atomic mass is 127. The van der Waals surface area contributed by atoms with Crippen molar-refractivity contribution in [3.63, 3.8) is 0 Å². The van der Waals surface area contributed by atoms with E-state index in [4.69, 9.17) is 0 Å². The molecule has 7 heteroatoms. The summed E-state index contributed by atoms with van der Waals surface area (Å²) in [4.78, 5) is 9.29. The minimum absolute atomic E-state index is 0. The summed E-state index contributed by atoms with van der Waals surface area (Å²) in [7, 11) is 0. The fourth-order valence-electron chi connectivity index (χ4n) is 2.15. The van der Waals surface area contributed by atoms with Crippen LogP contribution in [0.15, 0.2) is 34.9 Å². The summed E-state index contributed by atoms with van der Waals surface area (Å²) in [6, 6.07) is 4.08. The quantitative estimate of drug-likeness (QED) is 0.360. The number of nitrogens with one attached hydrogen (secondary N) is 2. The number of aromatic nitrogens is 2. The van der Waals surface area contributed by atoms with Crippen molar-refractivity contribution >= 4 is 41.3 Å². The normalized spacial score (nSPS) is 11.4. The van der Waals surface area contributed by atoms with Gasteiger partial charge >= 0.3 is 0 Å². The molecule has 0 spiro atoms. The number of aliphatic imine (C=N–C) groups is 1. The van der Waals surface area contributed by atoms with Gasteiger partial charge in [-0.1, -0.05) is 13.8 Å². The molecule has 5 nitrogen and oxygen atoms in total. The van der Waals surface area contributed by atoms with Gasteiger partial charge in [0.15, 0.2) is 5.96 Å². The van der Waals surface area contributed by atoms with Gasteiger partial charge in [0.05, 0.1) is 10.7 Å². The van der Waals surface area contributed by atoms with E-state index in [-0.39, 0.29) is 24.0 Å².